The van der Waals surface area contributed by atoms with E-state index in [-0.39, 0.29) is 18.4 Å². The molecule has 0 bridgehead atoms. The van der Waals surface area contributed by atoms with Crippen LogP contribution in [0.4, 0.5) is 5.69 Å². The predicted molar refractivity (Wildman–Crippen MR) is 132 cm³/mol. The molecule has 0 aliphatic heterocycles. The number of hydrogen-bond donors (Lipinski definition) is 2. The van der Waals surface area contributed by atoms with Gasteiger partial charge in [0.1, 0.15) is 0 Å². The lowest BCUT2D eigenvalue weighted by atomic mass is 10.0. The average molecular weight is 463 g/mol. The molecule has 0 fully saturated rings. The fourth-order valence-corrected chi connectivity index (χ4v) is 3.77. The number of rotatable bonds is 6. The molecule has 0 aliphatic carbocycles. The molecule has 2 N–H and O–H groups in total. The number of carbonyl (C=O) groups excluding carboxylic acids is 2. The van der Waals surface area contributed by atoms with Crippen LogP contribution in [0.2, 0.25) is 0 Å². The number of benzene rings is 2. The van der Waals surface area contributed by atoms with Gasteiger partial charge in [0, 0.05) is 35.8 Å². The number of aromatic nitrogens is 3. The summed E-state index contributed by atoms with van der Waals surface area (Å²) in [7, 11) is 0. The SMILES string of the molecule is Cc1noc2nc(-c3ccccc3)cc(C(=O)NCc3cccc(NC(=O)c4ccncc4)c3)c12. The topological polar surface area (TPSA) is 110 Å². The van der Waals surface area contributed by atoms with Crippen molar-refractivity contribution >= 4 is 28.6 Å². The van der Waals surface area contributed by atoms with Gasteiger partial charge in [0.05, 0.1) is 22.3 Å². The van der Waals surface area contributed by atoms with Crippen molar-refractivity contribution in [3.05, 3.63) is 108 Å². The van der Waals surface area contributed by atoms with Gasteiger partial charge in [0.15, 0.2) is 0 Å². The molecule has 35 heavy (non-hydrogen) atoms. The van der Waals surface area contributed by atoms with Gasteiger partial charge in [-0.3, -0.25) is 14.6 Å². The molecule has 0 aliphatic rings. The van der Waals surface area contributed by atoms with Crippen LogP contribution < -0.4 is 10.6 Å². The van der Waals surface area contributed by atoms with Crippen LogP contribution in [0.5, 0.6) is 0 Å². The van der Waals surface area contributed by atoms with E-state index in [1.165, 1.54) is 0 Å². The van der Waals surface area contributed by atoms with Gasteiger partial charge in [0.2, 0.25) is 0 Å². The monoisotopic (exact) mass is 463 g/mol. The summed E-state index contributed by atoms with van der Waals surface area (Å²) in [4.78, 5) is 34.1. The van der Waals surface area contributed by atoms with Crippen LogP contribution >= 0.6 is 0 Å². The second kappa shape index (κ2) is 9.56. The average Bonchev–Trinajstić information content (AvgIpc) is 3.28. The summed E-state index contributed by atoms with van der Waals surface area (Å²) in [6.07, 6.45) is 3.13. The molecule has 3 heterocycles. The van der Waals surface area contributed by atoms with Gasteiger partial charge >= 0.3 is 0 Å². The van der Waals surface area contributed by atoms with Gasteiger partial charge in [0.25, 0.3) is 17.5 Å². The summed E-state index contributed by atoms with van der Waals surface area (Å²) in [5.74, 6) is -0.503. The zero-order valence-corrected chi connectivity index (χ0v) is 18.9. The predicted octanol–water partition coefficient (Wildman–Crippen LogP) is 4.78. The van der Waals surface area contributed by atoms with E-state index < -0.39 is 0 Å². The Morgan fingerprint density at radius 3 is 2.51 bits per heavy atom. The second-order valence-electron chi connectivity index (χ2n) is 7.94. The lowest BCUT2D eigenvalue weighted by Crippen LogP contribution is -2.23. The molecule has 8 heteroatoms. The van der Waals surface area contributed by atoms with Crippen molar-refractivity contribution in [3.63, 3.8) is 0 Å². The molecule has 172 valence electrons. The molecule has 2 aromatic carbocycles. The number of pyridine rings is 2. The Kier molecular flexibility index (Phi) is 6.00. The first-order valence-electron chi connectivity index (χ1n) is 11.0. The van der Waals surface area contributed by atoms with E-state index in [0.717, 1.165) is 11.1 Å². The smallest absolute Gasteiger partial charge is 0.259 e. The molecule has 0 radical (unpaired) electrons. The molecular weight excluding hydrogens is 442 g/mol. The Balaban J connectivity index is 1.35. The van der Waals surface area contributed by atoms with Crippen LogP contribution in [0.1, 0.15) is 32.0 Å². The Morgan fingerprint density at radius 2 is 1.71 bits per heavy atom. The normalized spacial score (nSPS) is 10.8. The number of amides is 2. The molecule has 0 saturated heterocycles. The number of carbonyl (C=O) groups is 2. The highest BCUT2D eigenvalue weighted by atomic mass is 16.5. The first kappa shape index (κ1) is 22.0. The maximum atomic E-state index is 13.2. The van der Waals surface area contributed by atoms with E-state index in [9.17, 15) is 9.59 Å². The summed E-state index contributed by atoms with van der Waals surface area (Å²) in [6.45, 7) is 2.05. The van der Waals surface area contributed by atoms with E-state index in [4.69, 9.17) is 4.52 Å². The Hall–Kier alpha value is -4.85. The molecule has 2 amide bonds. The number of hydrogen-bond acceptors (Lipinski definition) is 6. The minimum atomic E-state index is -0.271. The van der Waals surface area contributed by atoms with E-state index in [2.05, 4.69) is 25.8 Å². The Bertz CT molecular complexity index is 1510. The maximum absolute atomic E-state index is 13.2. The first-order valence-corrected chi connectivity index (χ1v) is 11.0. The van der Waals surface area contributed by atoms with E-state index in [0.29, 0.717) is 39.3 Å². The van der Waals surface area contributed by atoms with Crippen molar-refractivity contribution < 1.29 is 14.1 Å². The van der Waals surface area contributed by atoms with Crippen molar-refractivity contribution in [3.8, 4) is 11.3 Å². The third-order valence-electron chi connectivity index (χ3n) is 5.51. The van der Waals surface area contributed by atoms with Crippen molar-refractivity contribution in [2.75, 3.05) is 5.32 Å². The lowest BCUT2D eigenvalue weighted by Gasteiger charge is -2.10. The molecule has 3 aromatic heterocycles. The molecule has 0 atom stereocenters. The zero-order valence-electron chi connectivity index (χ0n) is 18.9. The number of fused-ring (bicyclic) bond motifs is 1. The third kappa shape index (κ3) is 4.77. The van der Waals surface area contributed by atoms with Crippen molar-refractivity contribution in [1.82, 2.24) is 20.4 Å². The van der Waals surface area contributed by atoms with Gasteiger partial charge in [-0.25, -0.2) is 4.98 Å². The molecule has 5 aromatic rings. The minimum absolute atomic E-state index is 0.232. The highest BCUT2D eigenvalue weighted by Crippen LogP contribution is 2.27. The molecule has 5 rings (SSSR count). The van der Waals surface area contributed by atoms with Crippen molar-refractivity contribution in [2.45, 2.75) is 13.5 Å². The number of nitrogens with one attached hydrogen (secondary N) is 2. The van der Waals surface area contributed by atoms with Crippen LogP contribution in [0, 0.1) is 6.92 Å². The highest BCUT2D eigenvalue weighted by molar-refractivity contribution is 6.07. The van der Waals surface area contributed by atoms with Crippen LogP contribution in [-0.4, -0.2) is 26.9 Å². The largest absolute Gasteiger partial charge is 0.348 e. The summed E-state index contributed by atoms with van der Waals surface area (Å²) < 4.78 is 5.37. The fraction of sp³-hybridized carbons (Fsp3) is 0.0741. The standard InChI is InChI=1S/C27H21N5O3/c1-17-24-22(15-23(31-27(24)35-32-17)19-7-3-2-4-8-19)26(34)29-16-18-6-5-9-21(14-18)30-25(33)20-10-12-28-13-11-20/h2-15H,16H2,1H3,(H,29,34)(H,30,33). The Labute approximate surface area is 201 Å². The van der Waals surface area contributed by atoms with Gasteiger partial charge < -0.3 is 15.2 Å². The third-order valence-corrected chi connectivity index (χ3v) is 5.51. The fourth-order valence-electron chi connectivity index (χ4n) is 3.77. The maximum Gasteiger partial charge on any atom is 0.259 e. The number of nitrogens with zero attached hydrogens (tertiary/aromatic N) is 3. The van der Waals surface area contributed by atoms with Crippen LogP contribution in [0.15, 0.2) is 89.7 Å². The summed E-state index contributed by atoms with van der Waals surface area (Å²) in [5.41, 5.74) is 4.82. The van der Waals surface area contributed by atoms with Gasteiger partial charge in [-0.05, 0) is 42.8 Å². The molecular formula is C27H21N5O3. The van der Waals surface area contributed by atoms with Gasteiger partial charge in [-0.2, -0.15) is 0 Å². The van der Waals surface area contributed by atoms with E-state index in [1.54, 1.807) is 43.6 Å². The first-order chi connectivity index (χ1) is 17.1. The van der Waals surface area contributed by atoms with E-state index in [1.807, 2.05) is 48.5 Å². The summed E-state index contributed by atoms with van der Waals surface area (Å²) >= 11 is 0. The van der Waals surface area contributed by atoms with Crippen LogP contribution in [0.25, 0.3) is 22.4 Å². The summed E-state index contributed by atoms with van der Waals surface area (Å²) in [5, 5.41) is 10.4. The Morgan fingerprint density at radius 1 is 0.914 bits per heavy atom. The zero-order chi connectivity index (χ0) is 24.2. The lowest BCUT2D eigenvalue weighted by molar-refractivity contribution is 0.0951. The van der Waals surface area contributed by atoms with Crippen LogP contribution in [0.3, 0.4) is 0 Å². The molecule has 0 spiro atoms. The van der Waals surface area contributed by atoms with Crippen molar-refractivity contribution in [2.24, 2.45) is 0 Å². The number of anilines is 1. The number of aryl methyl sites for hydroxylation is 1. The van der Waals surface area contributed by atoms with Crippen LogP contribution in [-0.2, 0) is 6.54 Å². The summed E-state index contributed by atoms with van der Waals surface area (Å²) in [6, 6.07) is 21.9. The highest BCUT2D eigenvalue weighted by Gasteiger charge is 2.19. The molecule has 8 nitrogen and oxygen atoms in total. The van der Waals surface area contributed by atoms with Gasteiger partial charge in [-0.15, -0.1) is 0 Å². The minimum Gasteiger partial charge on any atom is -0.348 e. The van der Waals surface area contributed by atoms with Crippen molar-refractivity contribution in [1.29, 1.82) is 0 Å². The molecule has 0 unspecified atom stereocenters. The van der Waals surface area contributed by atoms with Gasteiger partial charge in [-0.1, -0.05) is 47.6 Å². The van der Waals surface area contributed by atoms with E-state index >= 15 is 0 Å². The molecule has 0 saturated carbocycles. The second-order valence-corrected chi connectivity index (χ2v) is 7.94. The quantitative estimate of drug-likeness (QED) is 0.375.